The van der Waals surface area contributed by atoms with Crippen molar-refractivity contribution in [2.75, 3.05) is 26.0 Å². The van der Waals surface area contributed by atoms with E-state index in [9.17, 15) is 4.79 Å². The highest BCUT2D eigenvalue weighted by molar-refractivity contribution is 5.95. The number of nitrogens with one attached hydrogen (secondary N) is 1. The van der Waals surface area contributed by atoms with Crippen LogP contribution in [-0.2, 0) is 4.79 Å². The number of carbonyl (C=O) groups excluding carboxylic acids is 1. The fourth-order valence-electron chi connectivity index (χ4n) is 2.14. The number of carbonyl (C=O) groups is 1. The molecule has 1 heterocycles. The van der Waals surface area contributed by atoms with Crippen LogP contribution in [0.5, 0.6) is 5.75 Å². The summed E-state index contributed by atoms with van der Waals surface area (Å²) in [5.74, 6) is 0.871. The molecule has 1 unspecified atom stereocenters. The second-order valence-corrected chi connectivity index (χ2v) is 4.36. The van der Waals surface area contributed by atoms with Crippen molar-refractivity contribution >= 4 is 11.6 Å². The van der Waals surface area contributed by atoms with Gasteiger partial charge >= 0.3 is 0 Å². The molecule has 4 heteroatoms. The fraction of sp³-hybridized carbons (Fsp3) is 0.462. The van der Waals surface area contributed by atoms with E-state index >= 15 is 0 Å². The lowest BCUT2D eigenvalue weighted by Crippen LogP contribution is -2.37. The van der Waals surface area contributed by atoms with E-state index in [2.05, 4.69) is 10.2 Å². The van der Waals surface area contributed by atoms with E-state index in [1.54, 1.807) is 7.11 Å². The third kappa shape index (κ3) is 2.77. The van der Waals surface area contributed by atoms with Crippen LogP contribution in [0.4, 0.5) is 5.69 Å². The second-order valence-electron chi connectivity index (χ2n) is 4.36. The predicted octanol–water partition coefficient (Wildman–Crippen LogP) is 1.73. The molecule has 1 aliphatic heterocycles. The lowest BCUT2D eigenvalue weighted by atomic mass is 10.2. The minimum absolute atomic E-state index is 0.0112. The van der Waals surface area contributed by atoms with Gasteiger partial charge < -0.3 is 10.1 Å². The summed E-state index contributed by atoms with van der Waals surface area (Å²) in [7, 11) is 3.62. The van der Waals surface area contributed by atoms with E-state index in [1.807, 2.05) is 31.3 Å². The zero-order chi connectivity index (χ0) is 12.3. The van der Waals surface area contributed by atoms with Crippen LogP contribution < -0.4 is 10.1 Å². The van der Waals surface area contributed by atoms with E-state index in [0.29, 0.717) is 0 Å². The second kappa shape index (κ2) is 5.19. The number of likely N-dealkylation sites (N-methyl/N-ethyl adjacent to an activating group) is 1. The maximum Gasteiger partial charge on any atom is 0.241 e. The number of anilines is 1. The van der Waals surface area contributed by atoms with Crippen molar-refractivity contribution in [2.24, 2.45) is 0 Å². The molecule has 0 bridgehead atoms. The van der Waals surface area contributed by atoms with Gasteiger partial charge in [0, 0.05) is 5.69 Å². The summed E-state index contributed by atoms with van der Waals surface area (Å²) >= 11 is 0. The maximum atomic E-state index is 12.0. The van der Waals surface area contributed by atoms with Crippen molar-refractivity contribution in [3.63, 3.8) is 0 Å². The van der Waals surface area contributed by atoms with Crippen molar-refractivity contribution in [2.45, 2.75) is 18.9 Å². The number of benzene rings is 1. The molecule has 1 saturated heterocycles. The van der Waals surface area contributed by atoms with Crippen LogP contribution in [0.1, 0.15) is 12.8 Å². The topological polar surface area (TPSA) is 41.6 Å². The molecular weight excluding hydrogens is 216 g/mol. The Balaban J connectivity index is 1.97. The Morgan fingerprint density at radius 3 is 2.65 bits per heavy atom. The van der Waals surface area contributed by atoms with Crippen LogP contribution in [0.15, 0.2) is 24.3 Å². The summed E-state index contributed by atoms with van der Waals surface area (Å²) in [5.41, 5.74) is 0.816. The van der Waals surface area contributed by atoms with Gasteiger partial charge in [0.15, 0.2) is 0 Å². The van der Waals surface area contributed by atoms with Gasteiger partial charge in [-0.1, -0.05) is 0 Å². The summed E-state index contributed by atoms with van der Waals surface area (Å²) < 4.78 is 5.07. The minimum atomic E-state index is 0.0112. The molecule has 0 aliphatic carbocycles. The molecule has 92 valence electrons. The van der Waals surface area contributed by atoms with Crippen LogP contribution >= 0.6 is 0 Å². The Labute approximate surface area is 102 Å². The SMILES string of the molecule is COc1ccc(NC(=O)C2CCCN2C)cc1. The van der Waals surface area contributed by atoms with Gasteiger partial charge in [-0.15, -0.1) is 0 Å². The van der Waals surface area contributed by atoms with Crippen LogP contribution in [-0.4, -0.2) is 37.6 Å². The fourth-order valence-corrected chi connectivity index (χ4v) is 2.14. The van der Waals surface area contributed by atoms with Crippen molar-refractivity contribution in [1.29, 1.82) is 0 Å². The standard InChI is InChI=1S/C13H18N2O2/c1-15-9-3-4-12(15)13(16)14-10-5-7-11(17-2)8-6-10/h5-8,12H,3-4,9H2,1-2H3,(H,14,16). The lowest BCUT2D eigenvalue weighted by Gasteiger charge is -2.18. The molecule has 0 radical (unpaired) electrons. The van der Waals surface area contributed by atoms with E-state index in [0.717, 1.165) is 30.8 Å². The summed E-state index contributed by atoms with van der Waals surface area (Å²) in [4.78, 5) is 14.1. The number of methoxy groups -OCH3 is 1. The largest absolute Gasteiger partial charge is 0.497 e. The van der Waals surface area contributed by atoms with E-state index in [4.69, 9.17) is 4.74 Å². The molecule has 0 spiro atoms. The third-order valence-electron chi connectivity index (χ3n) is 3.18. The molecule has 1 aliphatic rings. The Morgan fingerprint density at radius 1 is 1.41 bits per heavy atom. The number of amides is 1. The Morgan fingerprint density at radius 2 is 2.12 bits per heavy atom. The van der Waals surface area contributed by atoms with Gasteiger partial charge in [-0.3, -0.25) is 9.69 Å². The van der Waals surface area contributed by atoms with Gasteiger partial charge in [-0.05, 0) is 50.7 Å². The minimum Gasteiger partial charge on any atom is -0.497 e. The van der Waals surface area contributed by atoms with Crippen LogP contribution in [0.25, 0.3) is 0 Å². The van der Waals surface area contributed by atoms with Gasteiger partial charge in [-0.25, -0.2) is 0 Å². The average molecular weight is 234 g/mol. The first-order valence-corrected chi connectivity index (χ1v) is 5.86. The first-order chi connectivity index (χ1) is 8.20. The lowest BCUT2D eigenvalue weighted by molar-refractivity contribution is -0.119. The molecule has 0 saturated carbocycles. The smallest absolute Gasteiger partial charge is 0.241 e. The van der Waals surface area contributed by atoms with E-state index < -0.39 is 0 Å². The molecule has 17 heavy (non-hydrogen) atoms. The predicted molar refractivity (Wildman–Crippen MR) is 67.3 cm³/mol. The maximum absolute atomic E-state index is 12.0. The highest BCUT2D eigenvalue weighted by Gasteiger charge is 2.27. The highest BCUT2D eigenvalue weighted by Crippen LogP contribution is 2.19. The van der Waals surface area contributed by atoms with Crippen molar-refractivity contribution < 1.29 is 9.53 Å². The van der Waals surface area contributed by atoms with Crippen LogP contribution in [0.2, 0.25) is 0 Å². The molecule has 2 rings (SSSR count). The van der Waals surface area contributed by atoms with Crippen molar-refractivity contribution in [3.8, 4) is 5.75 Å². The Kier molecular flexibility index (Phi) is 3.64. The van der Waals surface area contributed by atoms with Gasteiger partial charge in [0.25, 0.3) is 0 Å². The molecule has 4 nitrogen and oxygen atoms in total. The first kappa shape index (κ1) is 11.9. The zero-order valence-corrected chi connectivity index (χ0v) is 10.3. The molecule has 1 fully saturated rings. The molecule has 1 atom stereocenters. The van der Waals surface area contributed by atoms with Crippen molar-refractivity contribution in [1.82, 2.24) is 4.90 Å². The number of hydrogen-bond acceptors (Lipinski definition) is 3. The number of ether oxygens (including phenoxy) is 1. The first-order valence-electron chi connectivity index (χ1n) is 5.86. The number of likely N-dealkylation sites (tertiary alicyclic amines) is 1. The summed E-state index contributed by atoms with van der Waals surface area (Å²) in [6.07, 6.45) is 2.04. The number of hydrogen-bond donors (Lipinski definition) is 1. The number of nitrogens with zero attached hydrogens (tertiary/aromatic N) is 1. The summed E-state index contributed by atoms with van der Waals surface area (Å²) in [6.45, 7) is 1.00. The normalized spacial score (nSPS) is 20.2. The molecule has 1 aromatic rings. The molecule has 1 aromatic carbocycles. The van der Waals surface area contributed by atoms with Crippen LogP contribution in [0.3, 0.4) is 0 Å². The Hall–Kier alpha value is -1.55. The van der Waals surface area contributed by atoms with Gasteiger partial charge in [0.2, 0.25) is 5.91 Å². The summed E-state index contributed by atoms with van der Waals surface area (Å²) in [6, 6.07) is 7.40. The highest BCUT2D eigenvalue weighted by atomic mass is 16.5. The monoisotopic (exact) mass is 234 g/mol. The van der Waals surface area contributed by atoms with Gasteiger partial charge in [0.05, 0.1) is 13.2 Å². The third-order valence-corrected chi connectivity index (χ3v) is 3.18. The zero-order valence-electron chi connectivity index (χ0n) is 10.3. The van der Waals surface area contributed by atoms with Crippen molar-refractivity contribution in [3.05, 3.63) is 24.3 Å². The molecule has 1 N–H and O–H groups in total. The van der Waals surface area contributed by atoms with E-state index in [1.165, 1.54) is 0 Å². The quantitative estimate of drug-likeness (QED) is 0.866. The van der Waals surface area contributed by atoms with E-state index in [-0.39, 0.29) is 11.9 Å². The molecule has 0 aromatic heterocycles. The van der Waals surface area contributed by atoms with Gasteiger partial charge in [0.1, 0.15) is 5.75 Å². The van der Waals surface area contributed by atoms with Crippen LogP contribution in [0, 0.1) is 0 Å². The molecular formula is C13H18N2O2. The Bertz CT molecular complexity index is 389. The number of rotatable bonds is 3. The van der Waals surface area contributed by atoms with Gasteiger partial charge in [-0.2, -0.15) is 0 Å². The molecule has 1 amide bonds. The summed E-state index contributed by atoms with van der Waals surface area (Å²) in [5, 5.41) is 2.93. The average Bonchev–Trinajstić information content (AvgIpc) is 2.76.